The molecule has 5 aromatic rings. The van der Waals surface area contributed by atoms with E-state index in [2.05, 4.69) is 15.0 Å². The summed E-state index contributed by atoms with van der Waals surface area (Å²) in [7, 11) is 2.83. The number of carbonyl (C=O) groups is 2. The fourth-order valence-electron chi connectivity index (χ4n) is 4.24. The van der Waals surface area contributed by atoms with E-state index in [4.69, 9.17) is 14.2 Å². The molecule has 0 saturated carbocycles. The van der Waals surface area contributed by atoms with Crippen LogP contribution in [0.2, 0.25) is 0 Å². The molecule has 0 saturated heterocycles. The van der Waals surface area contributed by atoms with E-state index >= 15 is 8.78 Å². The number of ketones is 1. The molecule has 5 rings (SSSR count). The number of imidazole rings is 1. The lowest BCUT2D eigenvalue weighted by atomic mass is 10.1. The fraction of sp³-hybridized carbons (Fsp3) is 0.138. The second kappa shape index (κ2) is 11.6. The van der Waals surface area contributed by atoms with Crippen LogP contribution < -0.4 is 19.5 Å². The highest BCUT2D eigenvalue weighted by atomic mass is 19.4. The highest BCUT2D eigenvalue weighted by molar-refractivity contribution is 6.46. The van der Waals surface area contributed by atoms with Gasteiger partial charge >= 0.3 is 6.18 Å². The average molecular weight is 613 g/mol. The summed E-state index contributed by atoms with van der Waals surface area (Å²) in [5, 5.41) is 2.30. The first-order valence-corrected chi connectivity index (χ1v) is 12.5. The van der Waals surface area contributed by atoms with Crippen LogP contribution in [0.3, 0.4) is 0 Å². The zero-order valence-electron chi connectivity index (χ0n) is 23.0. The third-order valence-electron chi connectivity index (χ3n) is 6.28. The standard InChI is InChI=1S/C29H20F5N5O5/c1-14-11-39(13-37-14)17-5-15(29(32,33)34)4-16(6-17)38-27(41)26(40)25-20(30)7-18(8-21(25)31)44-28-19-9-23(42-2)24(43-3)10-22(19)35-12-36-28/h4-13H,1-3H3,(H,38,41). The zero-order chi connectivity index (χ0) is 31.8. The number of hydrogen-bond donors (Lipinski definition) is 1. The fourth-order valence-corrected chi connectivity index (χ4v) is 4.24. The zero-order valence-corrected chi connectivity index (χ0v) is 23.0. The van der Waals surface area contributed by atoms with Crippen molar-refractivity contribution < 1.29 is 45.8 Å². The van der Waals surface area contributed by atoms with Crippen molar-refractivity contribution in [3.63, 3.8) is 0 Å². The summed E-state index contributed by atoms with van der Waals surface area (Å²) in [6, 6.07) is 6.87. The van der Waals surface area contributed by atoms with Gasteiger partial charge in [0.15, 0.2) is 11.5 Å². The molecule has 3 aromatic carbocycles. The van der Waals surface area contributed by atoms with Gasteiger partial charge in [0.1, 0.15) is 23.7 Å². The Morgan fingerprint density at radius 3 is 2.18 bits per heavy atom. The molecule has 0 aliphatic carbocycles. The number of aryl methyl sites for hydroxylation is 1. The number of halogens is 5. The third-order valence-corrected chi connectivity index (χ3v) is 6.28. The first-order chi connectivity index (χ1) is 20.9. The number of ether oxygens (including phenoxy) is 3. The Morgan fingerprint density at radius 2 is 1.57 bits per heavy atom. The number of methoxy groups -OCH3 is 2. The van der Waals surface area contributed by atoms with E-state index in [9.17, 15) is 22.8 Å². The molecule has 10 nitrogen and oxygen atoms in total. The van der Waals surface area contributed by atoms with Crippen LogP contribution in [0.4, 0.5) is 27.6 Å². The molecular weight excluding hydrogens is 593 g/mol. The van der Waals surface area contributed by atoms with Crippen molar-refractivity contribution in [3.8, 4) is 28.8 Å². The van der Waals surface area contributed by atoms with Gasteiger partial charge in [-0.05, 0) is 31.2 Å². The summed E-state index contributed by atoms with van der Waals surface area (Å²) in [6.45, 7) is 1.62. The molecule has 0 aliphatic heterocycles. The number of carbonyl (C=O) groups excluding carboxylic acids is 2. The number of rotatable bonds is 8. The summed E-state index contributed by atoms with van der Waals surface area (Å²) >= 11 is 0. The molecular formula is C29H20F5N5O5. The molecule has 0 fully saturated rings. The lowest BCUT2D eigenvalue weighted by Gasteiger charge is -2.14. The van der Waals surface area contributed by atoms with E-state index < -0.39 is 52.1 Å². The summed E-state index contributed by atoms with van der Waals surface area (Å²) < 4.78 is 88.1. The van der Waals surface area contributed by atoms with Gasteiger partial charge in [0, 0.05) is 35.8 Å². The predicted octanol–water partition coefficient (Wildman–Crippen LogP) is 6.05. The Labute approximate surface area is 245 Å². The number of Topliss-reactive ketones (excluding diaryl/α,β-unsaturated/α-hetero) is 1. The Balaban J connectivity index is 1.42. The minimum atomic E-state index is -4.81. The smallest absolute Gasteiger partial charge is 0.416 e. The third kappa shape index (κ3) is 5.97. The van der Waals surface area contributed by atoms with Crippen LogP contribution in [0, 0.1) is 18.6 Å². The molecule has 0 aliphatic rings. The van der Waals surface area contributed by atoms with Crippen LogP contribution in [0.1, 0.15) is 21.6 Å². The minimum Gasteiger partial charge on any atom is -0.493 e. The number of amides is 1. The number of alkyl halides is 3. The van der Waals surface area contributed by atoms with Crippen LogP contribution in [0.15, 0.2) is 61.3 Å². The molecule has 2 aromatic heterocycles. The first-order valence-electron chi connectivity index (χ1n) is 12.5. The van der Waals surface area contributed by atoms with Gasteiger partial charge in [-0.15, -0.1) is 0 Å². The van der Waals surface area contributed by atoms with Gasteiger partial charge in [-0.3, -0.25) is 9.59 Å². The maximum absolute atomic E-state index is 15.1. The number of anilines is 1. The lowest BCUT2D eigenvalue weighted by Crippen LogP contribution is -2.25. The quantitative estimate of drug-likeness (QED) is 0.128. The van der Waals surface area contributed by atoms with Gasteiger partial charge < -0.3 is 24.1 Å². The van der Waals surface area contributed by atoms with E-state index in [0.717, 1.165) is 18.5 Å². The molecule has 2 heterocycles. The van der Waals surface area contributed by atoms with Crippen LogP contribution in [-0.4, -0.2) is 45.4 Å². The Bertz CT molecular complexity index is 1900. The predicted molar refractivity (Wildman–Crippen MR) is 145 cm³/mol. The number of hydrogen-bond acceptors (Lipinski definition) is 8. The van der Waals surface area contributed by atoms with E-state index in [1.54, 1.807) is 6.92 Å². The maximum Gasteiger partial charge on any atom is 0.416 e. The maximum atomic E-state index is 15.1. The molecule has 0 bridgehead atoms. The van der Waals surface area contributed by atoms with Crippen LogP contribution in [-0.2, 0) is 11.0 Å². The molecule has 0 unspecified atom stereocenters. The summed E-state index contributed by atoms with van der Waals surface area (Å²) in [5.74, 6) is -6.03. The molecule has 226 valence electrons. The number of fused-ring (bicyclic) bond motifs is 1. The molecule has 0 spiro atoms. The van der Waals surface area contributed by atoms with Gasteiger partial charge in [0.25, 0.3) is 11.7 Å². The minimum absolute atomic E-state index is 0.0321. The van der Waals surface area contributed by atoms with Gasteiger partial charge in [0.05, 0.1) is 48.3 Å². The number of nitrogens with zero attached hydrogens (tertiary/aromatic N) is 4. The summed E-state index contributed by atoms with van der Waals surface area (Å²) in [4.78, 5) is 37.5. The van der Waals surface area contributed by atoms with E-state index in [1.165, 1.54) is 43.4 Å². The van der Waals surface area contributed by atoms with E-state index in [1.807, 2.05) is 5.32 Å². The largest absolute Gasteiger partial charge is 0.493 e. The van der Waals surface area contributed by atoms with E-state index in [0.29, 0.717) is 46.3 Å². The molecule has 15 heteroatoms. The Morgan fingerprint density at radius 1 is 0.886 bits per heavy atom. The molecule has 0 radical (unpaired) electrons. The highest BCUT2D eigenvalue weighted by Gasteiger charge is 2.32. The normalized spacial score (nSPS) is 11.4. The second-order valence-corrected chi connectivity index (χ2v) is 9.24. The van der Waals surface area contributed by atoms with Gasteiger partial charge in [-0.25, -0.2) is 23.7 Å². The highest BCUT2D eigenvalue weighted by Crippen LogP contribution is 2.37. The van der Waals surface area contributed by atoms with Crippen molar-refractivity contribution in [2.75, 3.05) is 19.5 Å². The van der Waals surface area contributed by atoms with Crippen molar-refractivity contribution >= 4 is 28.3 Å². The van der Waals surface area contributed by atoms with Crippen molar-refractivity contribution in [1.29, 1.82) is 0 Å². The van der Waals surface area contributed by atoms with Crippen LogP contribution in [0.5, 0.6) is 23.1 Å². The van der Waals surface area contributed by atoms with Gasteiger partial charge in [-0.2, -0.15) is 13.2 Å². The van der Waals surface area contributed by atoms with Crippen molar-refractivity contribution in [3.05, 3.63) is 89.8 Å². The monoisotopic (exact) mass is 613 g/mol. The van der Waals surface area contributed by atoms with Gasteiger partial charge in [0.2, 0.25) is 5.88 Å². The summed E-state index contributed by atoms with van der Waals surface area (Å²) in [5.41, 5.74) is -1.99. The van der Waals surface area contributed by atoms with Gasteiger partial charge in [-0.1, -0.05) is 0 Å². The SMILES string of the molecule is COc1cc2ncnc(Oc3cc(F)c(C(=O)C(=O)Nc4cc(-n5cnc(C)c5)cc(C(F)(F)F)c4)c(F)c3)c2cc1OC. The second-order valence-electron chi connectivity index (χ2n) is 9.24. The lowest BCUT2D eigenvalue weighted by molar-refractivity contribution is -0.137. The summed E-state index contributed by atoms with van der Waals surface area (Å²) in [6.07, 6.45) is -0.965. The average Bonchev–Trinajstić information content (AvgIpc) is 3.41. The van der Waals surface area contributed by atoms with Crippen molar-refractivity contribution in [2.24, 2.45) is 0 Å². The molecule has 1 N–H and O–H groups in total. The molecule has 1 amide bonds. The van der Waals surface area contributed by atoms with E-state index in [-0.39, 0.29) is 11.6 Å². The van der Waals surface area contributed by atoms with Crippen LogP contribution in [0.25, 0.3) is 16.6 Å². The topological polar surface area (TPSA) is 117 Å². The number of nitrogens with one attached hydrogen (secondary N) is 1. The van der Waals surface area contributed by atoms with Crippen molar-refractivity contribution in [1.82, 2.24) is 19.5 Å². The van der Waals surface area contributed by atoms with Crippen molar-refractivity contribution in [2.45, 2.75) is 13.1 Å². The molecule has 44 heavy (non-hydrogen) atoms. The van der Waals surface area contributed by atoms with Crippen LogP contribution >= 0.6 is 0 Å². The Kier molecular flexibility index (Phi) is 7.87. The molecule has 0 atom stereocenters. The Hall–Kier alpha value is -5.60. The number of aromatic nitrogens is 4. The first kappa shape index (κ1) is 29.9. The number of benzene rings is 3.